The third-order valence-corrected chi connectivity index (χ3v) is 2.80. The molecule has 2 rings (SSSR count). The summed E-state index contributed by atoms with van der Waals surface area (Å²) in [6.45, 7) is 0. The molecule has 0 spiro atoms. The molecule has 0 bridgehead atoms. The average Bonchev–Trinajstić information content (AvgIpc) is 2.47. The number of hydrogen-bond donors (Lipinski definition) is 1. The van der Waals surface area contributed by atoms with E-state index >= 15 is 0 Å². The van der Waals surface area contributed by atoms with Crippen LogP contribution < -0.4 is 0 Å². The van der Waals surface area contributed by atoms with E-state index < -0.39 is 0 Å². The van der Waals surface area contributed by atoms with E-state index in [0.717, 1.165) is 5.69 Å². The van der Waals surface area contributed by atoms with Crippen LogP contribution in [0.15, 0.2) is 36.5 Å². The van der Waals surface area contributed by atoms with Gasteiger partial charge in [0.1, 0.15) is 0 Å². The molecule has 2 aromatic rings. The molecule has 0 aliphatic rings. The number of hydrogen-bond acceptors (Lipinski definition) is 3. The number of nitrogens with zero attached hydrogens (tertiary/aromatic N) is 1. The molecule has 0 fully saturated rings. The Labute approximate surface area is 84.7 Å². The molecule has 0 aliphatic heterocycles. The summed E-state index contributed by atoms with van der Waals surface area (Å²) in [5.74, 6) is 0. The number of rotatable bonds is 1. The molecule has 0 saturated heterocycles. The van der Waals surface area contributed by atoms with E-state index in [2.05, 4.69) is 0 Å². The quantitative estimate of drug-likeness (QED) is 0.730. The molecule has 0 unspecified atom stereocenters. The van der Waals surface area contributed by atoms with Crippen molar-refractivity contribution in [3.8, 4) is 10.8 Å². The van der Waals surface area contributed by atoms with Crippen molar-refractivity contribution in [3.63, 3.8) is 0 Å². The van der Waals surface area contributed by atoms with Gasteiger partial charge in [0, 0.05) is 5.69 Å². The predicted octanol–water partition coefficient (Wildman–Crippen LogP) is 2.97. The zero-order valence-electron chi connectivity index (χ0n) is 6.68. The van der Waals surface area contributed by atoms with E-state index in [1.807, 2.05) is 30.3 Å². The van der Waals surface area contributed by atoms with Gasteiger partial charge in [-0.25, -0.2) is 0 Å². The summed E-state index contributed by atoms with van der Waals surface area (Å²) in [4.78, 5) is 0. The van der Waals surface area contributed by atoms with Crippen LogP contribution in [0.4, 0.5) is 0 Å². The van der Waals surface area contributed by atoms with E-state index in [1.54, 1.807) is 10.8 Å². The summed E-state index contributed by atoms with van der Waals surface area (Å²) < 4.78 is 2.44. The zero-order valence-corrected chi connectivity index (χ0v) is 8.31. The number of thiazole rings is 1. The Hall–Kier alpha value is -1.13. The standard InChI is InChI=1S/C9H7NOS2/c11-8-6-10(9(12)13-8)7-4-2-1-3-5-7/h1-6,11H. The topological polar surface area (TPSA) is 25.2 Å². The van der Waals surface area contributed by atoms with Gasteiger partial charge in [-0.1, -0.05) is 29.5 Å². The molecular formula is C9H7NOS2. The van der Waals surface area contributed by atoms with Crippen molar-refractivity contribution in [2.75, 3.05) is 0 Å². The van der Waals surface area contributed by atoms with Crippen molar-refractivity contribution in [1.82, 2.24) is 4.57 Å². The molecule has 0 aliphatic carbocycles. The fraction of sp³-hybridized carbons (Fsp3) is 0. The van der Waals surface area contributed by atoms with E-state index in [0.29, 0.717) is 3.95 Å². The molecule has 0 radical (unpaired) electrons. The van der Waals surface area contributed by atoms with Gasteiger partial charge < -0.3 is 5.11 Å². The summed E-state index contributed by atoms with van der Waals surface area (Å²) in [6.07, 6.45) is 1.63. The number of benzene rings is 1. The van der Waals surface area contributed by atoms with Crippen LogP contribution in [0.25, 0.3) is 5.69 Å². The summed E-state index contributed by atoms with van der Waals surface area (Å²) >= 11 is 6.27. The molecule has 1 aromatic carbocycles. The SMILES string of the molecule is Oc1cn(-c2ccccc2)c(=S)s1. The fourth-order valence-corrected chi connectivity index (χ4v) is 2.10. The van der Waals surface area contributed by atoms with Crippen molar-refractivity contribution in [3.05, 3.63) is 40.5 Å². The van der Waals surface area contributed by atoms with Gasteiger partial charge in [0.25, 0.3) is 0 Å². The molecule has 4 heteroatoms. The Morgan fingerprint density at radius 1 is 1.23 bits per heavy atom. The molecule has 0 atom stereocenters. The molecular weight excluding hydrogens is 202 g/mol. The summed E-state index contributed by atoms with van der Waals surface area (Å²) in [5, 5.41) is 9.47. The minimum Gasteiger partial charge on any atom is -0.498 e. The minimum absolute atomic E-state index is 0.244. The third-order valence-electron chi connectivity index (χ3n) is 1.66. The second kappa shape index (κ2) is 3.32. The number of para-hydroxylation sites is 1. The highest BCUT2D eigenvalue weighted by molar-refractivity contribution is 7.73. The Balaban J connectivity index is 2.59. The molecule has 1 N–H and O–H groups in total. The van der Waals surface area contributed by atoms with Crippen molar-refractivity contribution in [2.45, 2.75) is 0 Å². The lowest BCUT2D eigenvalue weighted by Crippen LogP contribution is -1.89. The van der Waals surface area contributed by atoms with Crippen LogP contribution >= 0.6 is 23.6 Å². The lowest BCUT2D eigenvalue weighted by atomic mass is 10.3. The average molecular weight is 209 g/mol. The van der Waals surface area contributed by atoms with Crippen LogP contribution in [0, 0.1) is 3.95 Å². The van der Waals surface area contributed by atoms with Crippen LogP contribution in [0.3, 0.4) is 0 Å². The Morgan fingerprint density at radius 2 is 1.92 bits per heavy atom. The van der Waals surface area contributed by atoms with Crippen LogP contribution in [-0.2, 0) is 0 Å². The lowest BCUT2D eigenvalue weighted by Gasteiger charge is -1.99. The zero-order chi connectivity index (χ0) is 9.26. The monoisotopic (exact) mass is 209 g/mol. The highest BCUT2D eigenvalue weighted by Crippen LogP contribution is 2.22. The molecule has 1 aromatic heterocycles. The molecule has 0 saturated carbocycles. The second-order valence-electron chi connectivity index (χ2n) is 2.54. The van der Waals surface area contributed by atoms with Gasteiger partial charge in [0.2, 0.25) is 0 Å². The third kappa shape index (κ3) is 1.64. The highest BCUT2D eigenvalue weighted by Gasteiger charge is 2.00. The van der Waals surface area contributed by atoms with Gasteiger partial charge in [-0.15, -0.1) is 0 Å². The van der Waals surface area contributed by atoms with Gasteiger partial charge >= 0.3 is 0 Å². The molecule has 66 valence electrons. The van der Waals surface area contributed by atoms with Crippen molar-refractivity contribution in [2.24, 2.45) is 0 Å². The van der Waals surface area contributed by atoms with E-state index in [4.69, 9.17) is 12.2 Å². The van der Waals surface area contributed by atoms with Gasteiger partial charge in [-0.3, -0.25) is 4.57 Å². The number of aromatic hydroxyl groups is 1. The van der Waals surface area contributed by atoms with Crippen molar-refractivity contribution < 1.29 is 5.11 Å². The van der Waals surface area contributed by atoms with Crippen LogP contribution in [-0.4, -0.2) is 9.67 Å². The Bertz CT molecular complexity index is 458. The maximum absolute atomic E-state index is 9.23. The first-order chi connectivity index (χ1) is 6.27. The van der Waals surface area contributed by atoms with Crippen molar-refractivity contribution >= 4 is 23.6 Å². The minimum atomic E-state index is 0.244. The second-order valence-corrected chi connectivity index (χ2v) is 4.20. The highest BCUT2D eigenvalue weighted by atomic mass is 32.1. The van der Waals surface area contributed by atoms with Gasteiger partial charge in [0.05, 0.1) is 6.20 Å². The van der Waals surface area contributed by atoms with Crippen LogP contribution in [0.2, 0.25) is 0 Å². The molecule has 1 heterocycles. The first-order valence-corrected chi connectivity index (χ1v) is 4.97. The summed E-state index contributed by atoms with van der Waals surface area (Å²) in [7, 11) is 0. The normalized spacial score (nSPS) is 10.2. The van der Waals surface area contributed by atoms with Crippen LogP contribution in [0.5, 0.6) is 5.06 Å². The first kappa shape index (κ1) is 8.47. The van der Waals surface area contributed by atoms with E-state index in [1.165, 1.54) is 11.3 Å². The Morgan fingerprint density at radius 3 is 2.46 bits per heavy atom. The maximum Gasteiger partial charge on any atom is 0.191 e. The van der Waals surface area contributed by atoms with E-state index in [9.17, 15) is 5.11 Å². The van der Waals surface area contributed by atoms with Gasteiger partial charge in [0.15, 0.2) is 9.02 Å². The lowest BCUT2D eigenvalue weighted by molar-refractivity contribution is 0.488. The largest absolute Gasteiger partial charge is 0.498 e. The smallest absolute Gasteiger partial charge is 0.191 e. The van der Waals surface area contributed by atoms with Gasteiger partial charge in [-0.2, -0.15) is 0 Å². The summed E-state index contributed by atoms with van der Waals surface area (Å²) in [5.41, 5.74) is 0.976. The maximum atomic E-state index is 9.23. The predicted molar refractivity (Wildman–Crippen MR) is 56.1 cm³/mol. The van der Waals surface area contributed by atoms with Crippen LogP contribution in [0.1, 0.15) is 0 Å². The van der Waals surface area contributed by atoms with Gasteiger partial charge in [-0.05, 0) is 24.4 Å². The molecule has 2 nitrogen and oxygen atoms in total. The first-order valence-electron chi connectivity index (χ1n) is 3.74. The summed E-state index contributed by atoms with van der Waals surface area (Å²) in [6, 6.07) is 9.71. The number of aromatic nitrogens is 1. The Kier molecular flexibility index (Phi) is 2.16. The van der Waals surface area contributed by atoms with Crippen molar-refractivity contribution in [1.29, 1.82) is 0 Å². The molecule has 13 heavy (non-hydrogen) atoms. The molecule has 0 amide bonds. The fourth-order valence-electron chi connectivity index (χ4n) is 1.10. The van der Waals surface area contributed by atoms with E-state index in [-0.39, 0.29) is 5.06 Å².